The van der Waals surface area contributed by atoms with Gasteiger partial charge in [0, 0.05) is 24.9 Å². The van der Waals surface area contributed by atoms with Gasteiger partial charge in [-0.15, -0.1) is 11.3 Å². The van der Waals surface area contributed by atoms with Crippen molar-refractivity contribution in [3.8, 4) is 0 Å². The summed E-state index contributed by atoms with van der Waals surface area (Å²) in [4.78, 5) is 9.99. The summed E-state index contributed by atoms with van der Waals surface area (Å²) in [7, 11) is 1.76. The second-order valence-corrected chi connectivity index (χ2v) is 5.72. The number of thiazole rings is 1. The van der Waals surface area contributed by atoms with Gasteiger partial charge in [-0.1, -0.05) is 0 Å². The van der Waals surface area contributed by atoms with E-state index in [1.807, 2.05) is 19.1 Å². The molecule has 108 valence electrons. The summed E-state index contributed by atoms with van der Waals surface area (Å²) in [5, 5.41) is 7.64. The Balaban J connectivity index is 1.74. The predicted octanol–water partition coefficient (Wildman–Crippen LogP) is 2.26. The second-order valence-electron chi connectivity index (χ2n) is 4.43. The Morgan fingerprint density at radius 3 is 2.85 bits per heavy atom. The molecule has 0 saturated heterocycles. The lowest BCUT2D eigenvalue weighted by Gasteiger charge is -2.10. The van der Waals surface area contributed by atoms with Gasteiger partial charge in [0.05, 0.1) is 23.5 Å². The standard InChI is InChI=1S/C14H20N4OS/c1-10-11(2)20-13(18-10)6-7-16-14(15-3)17-9-12-5-4-8-19-12/h4-5,8H,6-7,9H2,1-3H3,(H2,15,16,17). The molecular weight excluding hydrogens is 272 g/mol. The molecule has 2 heterocycles. The van der Waals surface area contributed by atoms with E-state index in [-0.39, 0.29) is 0 Å². The quantitative estimate of drug-likeness (QED) is 0.655. The topological polar surface area (TPSA) is 62.5 Å². The molecule has 0 spiro atoms. The van der Waals surface area contributed by atoms with E-state index in [0.717, 1.165) is 35.4 Å². The monoisotopic (exact) mass is 292 g/mol. The normalized spacial score (nSPS) is 11.7. The van der Waals surface area contributed by atoms with Crippen LogP contribution in [0.1, 0.15) is 21.3 Å². The first kappa shape index (κ1) is 14.6. The Morgan fingerprint density at radius 1 is 1.40 bits per heavy atom. The molecule has 0 unspecified atom stereocenters. The zero-order valence-electron chi connectivity index (χ0n) is 12.1. The minimum atomic E-state index is 0.627. The van der Waals surface area contributed by atoms with E-state index in [1.54, 1.807) is 24.6 Å². The van der Waals surface area contributed by atoms with Gasteiger partial charge in [-0.25, -0.2) is 4.98 Å². The average molecular weight is 292 g/mol. The zero-order chi connectivity index (χ0) is 14.4. The lowest BCUT2D eigenvalue weighted by molar-refractivity contribution is 0.501. The highest BCUT2D eigenvalue weighted by atomic mass is 32.1. The lowest BCUT2D eigenvalue weighted by Crippen LogP contribution is -2.37. The van der Waals surface area contributed by atoms with Gasteiger partial charge < -0.3 is 15.1 Å². The van der Waals surface area contributed by atoms with Gasteiger partial charge in [0.25, 0.3) is 0 Å². The third-order valence-corrected chi connectivity index (χ3v) is 4.07. The van der Waals surface area contributed by atoms with Crippen LogP contribution in [-0.2, 0) is 13.0 Å². The number of hydrogen-bond donors (Lipinski definition) is 2. The summed E-state index contributed by atoms with van der Waals surface area (Å²) in [5.74, 6) is 1.66. The number of nitrogens with one attached hydrogen (secondary N) is 2. The van der Waals surface area contributed by atoms with Crippen molar-refractivity contribution in [3.63, 3.8) is 0 Å². The molecule has 2 rings (SSSR count). The molecule has 0 aliphatic rings. The molecule has 2 aromatic rings. The molecule has 2 aromatic heterocycles. The number of guanidine groups is 1. The molecule has 20 heavy (non-hydrogen) atoms. The Kier molecular flexibility index (Phi) is 5.17. The highest BCUT2D eigenvalue weighted by Crippen LogP contribution is 2.16. The second kappa shape index (κ2) is 7.09. The van der Waals surface area contributed by atoms with Gasteiger partial charge in [0.1, 0.15) is 5.76 Å². The maximum absolute atomic E-state index is 5.26. The molecule has 0 aromatic carbocycles. The summed E-state index contributed by atoms with van der Waals surface area (Å²) in [6.45, 7) is 5.59. The first-order chi connectivity index (χ1) is 9.69. The molecule has 0 bridgehead atoms. The third kappa shape index (κ3) is 4.09. The molecule has 0 fully saturated rings. The van der Waals surface area contributed by atoms with Crippen molar-refractivity contribution in [1.29, 1.82) is 0 Å². The van der Waals surface area contributed by atoms with Crippen molar-refractivity contribution in [3.05, 3.63) is 39.7 Å². The number of aliphatic imine (C=N–C) groups is 1. The fraction of sp³-hybridized carbons (Fsp3) is 0.429. The van der Waals surface area contributed by atoms with Crippen molar-refractivity contribution in [1.82, 2.24) is 15.6 Å². The fourth-order valence-electron chi connectivity index (χ4n) is 1.74. The van der Waals surface area contributed by atoms with Crippen LogP contribution in [-0.4, -0.2) is 24.5 Å². The first-order valence-corrected chi connectivity index (χ1v) is 7.40. The van der Waals surface area contributed by atoms with Crippen molar-refractivity contribution in [2.24, 2.45) is 4.99 Å². The summed E-state index contributed by atoms with van der Waals surface area (Å²) < 4.78 is 5.26. The van der Waals surface area contributed by atoms with Crippen LogP contribution in [0.15, 0.2) is 27.8 Å². The van der Waals surface area contributed by atoms with Crippen LogP contribution in [0, 0.1) is 13.8 Å². The number of rotatable bonds is 5. The van der Waals surface area contributed by atoms with Crippen LogP contribution >= 0.6 is 11.3 Å². The van der Waals surface area contributed by atoms with Gasteiger partial charge in [-0.3, -0.25) is 4.99 Å². The summed E-state index contributed by atoms with van der Waals surface area (Å²) in [6.07, 6.45) is 2.57. The summed E-state index contributed by atoms with van der Waals surface area (Å²) >= 11 is 1.76. The maximum Gasteiger partial charge on any atom is 0.191 e. The smallest absolute Gasteiger partial charge is 0.191 e. The van der Waals surface area contributed by atoms with E-state index < -0.39 is 0 Å². The number of aryl methyl sites for hydroxylation is 2. The Labute approximate surface area is 123 Å². The summed E-state index contributed by atoms with van der Waals surface area (Å²) in [5.41, 5.74) is 1.13. The fourth-order valence-corrected chi connectivity index (χ4v) is 2.67. The van der Waals surface area contributed by atoms with E-state index in [1.165, 1.54) is 4.88 Å². The minimum absolute atomic E-state index is 0.627. The van der Waals surface area contributed by atoms with Crippen LogP contribution in [0.25, 0.3) is 0 Å². The predicted molar refractivity (Wildman–Crippen MR) is 82.2 cm³/mol. The molecule has 0 amide bonds. The van der Waals surface area contributed by atoms with Crippen molar-refractivity contribution in [2.75, 3.05) is 13.6 Å². The number of aromatic nitrogens is 1. The average Bonchev–Trinajstić information content (AvgIpc) is 3.05. The molecule has 0 atom stereocenters. The Hall–Kier alpha value is -1.82. The van der Waals surface area contributed by atoms with E-state index >= 15 is 0 Å². The molecule has 0 aliphatic heterocycles. The Morgan fingerprint density at radius 2 is 2.25 bits per heavy atom. The molecule has 0 radical (unpaired) electrons. The van der Waals surface area contributed by atoms with Gasteiger partial charge in [0.2, 0.25) is 0 Å². The van der Waals surface area contributed by atoms with Crippen molar-refractivity contribution < 1.29 is 4.42 Å². The largest absolute Gasteiger partial charge is 0.467 e. The van der Waals surface area contributed by atoms with E-state index in [9.17, 15) is 0 Å². The highest BCUT2D eigenvalue weighted by molar-refractivity contribution is 7.11. The lowest BCUT2D eigenvalue weighted by atomic mass is 10.4. The number of nitrogens with zero attached hydrogens (tertiary/aromatic N) is 2. The minimum Gasteiger partial charge on any atom is -0.467 e. The molecule has 0 saturated carbocycles. The van der Waals surface area contributed by atoms with E-state index in [4.69, 9.17) is 4.42 Å². The SMILES string of the molecule is CN=C(NCCc1nc(C)c(C)s1)NCc1ccco1. The van der Waals surface area contributed by atoms with Crippen LogP contribution < -0.4 is 10.6 Å². The van der Waals surface area contributed by atoms with E-state index in [0.29, 0.717) is 6.54 Å². The molecule has 2 N–H and O–H groups in total. The number of hydrogen-bond acceptors (Lipinski definition) is 4. The van der Waals surface area contributed by atoms with E-state index in [2.05, 4.69) is 27.5 Å². The first-order valence-electron chi connectivity index (χ1n) is 6.59. The zero-order valence-corrected chi connectivity index (χ0v) is 12.9. The molecule has 5 nitrogen and oxygen atoms in total. The van der Waals surface area contributed by atoms with Crippen LogP contribution in [0.5, 0.6) is 0 Å². The molecule has 0 aliphatic carbocycles. The van der Waals surface area contributed by atoms with Gasteiger partial charge in [-0.05, 0) is 26.0 Å². The van der Waals surface area contributed by atoms with Gasteiger partial charge >= 0.3 is 0 Å². The van der Waals surface area contributed by atoms with Crippen LogP contribution in [0.2, 0.25) is 0 Å². The Bertz CT molecular complexity index is 540. The maximum atomic E-state index is 5.26. The molecular formula is C14H20N4OS. The highest BCUT2D eigenvalue weighted by Gasteiger charge is 2.04. The number of furan rings is 1. The van der Waals surface area contributed by atoms with Gasteiger partial charge in [-0.2, -0.15) is 0 Å². The van der Waals surface area contributed by atoms with Crippen LogP contribution in [0.4, 0.5) is 0 Å². The van der Waals surface area contributed by atoms with Crippen molar-refractivity contribution in [2.45, 2.75) is 26.8 Å². The van der Waals surface area contributed by atoms with Crippen LogP contribution in [0.3, 0.4) is 0 Å². The summed E-state index contributed by atoms with van der Waals surface area (Å²) in [6, 6.07) is 3.81. The third-order valence-electron chi connectivity index (χ3n) is 2.94. The van der Waals surface area contributed by atoms with Gasteiger partial charge in [0.15, 0.2) is 5.96 Å². The molecule has 6 heteroatoms. The van der Waals surface area contributed by atoms with Crippen molar-refractivity contribution >= 4 is 17.3 Å².